The van der Waals surface area contributed by atoms with E-state index in [4.69, 9.17) is 4.74 Å². The lowest BCUT2D eigenvalue weighted by Crippen LogP contribution is -2.51. The van der Waals surface area contributed by atoms with E-state index in [-0.39, 0.29) is 11.3 Å². The smallest absolute Gasteiger partial charge is 0.408 e. The van der Waals surface area contributed by atoms with Gasteiger partial charge in [-0.3, -0.25) is 25.2 Å². The summed E-state index contributed by atoms with van der Waals surface area (Å²) in [6, 6.07) is 5.92. The van der Waals surface area contributed by atoms with E-state index >= 15 is 0 Å². The van der Waals surface area contributed by atoms with Gasteiger partial charge in [0.1, 0.15) is 17.1 Å². The summed E-state index contributed by atoms with van der Waals surface area (Å²) in [6.07, 6.45) is 1.03. The summed E-state index contributed by atoms with van der Waals surface area (Å²) in [5.74, 6) is -1.26. The third-order valence-electron chi connectivity index (χ3n) is 5.06. The molecule has 11 heteroatoms. The van der Waals surface area contributed by atoms with Gasteiger partial charge in [0.15, 0.2) is 0 Å². The van der Waals surface area contributed by atoms with E-state index < -0.39 is 40.9 Å². The zero-order valence-corrected chi connectivity index (χ0v) is 18.9. The summed E-state index contributed by atoms with van der Waals surface area (Å²) >= 11 is 1.35. The summed E-state index contributed by atoms with van der Waals surface area (Å²) < 4.78 is 5.20. The number of nitrogens with zero attached hydrogens (tertiary/aromatic N) is 1. The van der Waals surface area contributed by atoms with E-state index in [1.54, 1.807) is 32.9 Å². The number of carbonyl (C=O) groups is 4. The fraction of sp³-hybridized carbons (Fsp3) is 0.476. The Bertz CT molecular complexity index is 993. The predicted octanol–water partition coefficient (Wildman–Crippen LogP) is 2.08. The van der Waals surface area contributed by atoms with Crippen LogP contribution in [0, 0.1) is 16.7 Å². The average molecular weight is 460 g/mol. The van der Waals surface area contributed by atoms with Gasteiger partial charge in [-0.2, -0.15) is 5.26 Å². The maximum atomic E-state index is 12.6. The molecule has 1 atom stereocenters. The van der Waals surface area contributed by atoms with Crippen molar-refractivity contribution in [1.82, 2.24) is 16.2 Å². The zero-order chi connectivity index (χ0) is 23.5. The fourth-order valence-electron chi connectivity index (χ4n) is 3.15. The Balaban J connectivity index is 1.62. The van der Waals surface area contributed by atoms with Crippen LogP contribution < -0.4 is 21.5 Å². The molecule has 1 aromatic rings. The Labute approximate surface area is 189 Å². The van der Waals surface area contributed by atoms with Crippen molar-refractivity contribution >= 4 is 41.3 Å². The topological polar surface area (TPSA) is 149 Å². The number of nitriles is 1. The fourth-order valence-corrected chi connectivity index (χ4v) is 4.16. The maximum Gasteiger partial charge on any atom is 0.408 e. The van der Waals surface area contributed by atoms with Crippen LogP contribution in [0.25, 0.3) is 0 Å². The van der Waals surface area contributed by atoms with Gasteiger partial charge in [-0.25, -0.2) is 4.79 Å². The highest BCUT2D eigenvalue weighted by Gasteiger charge is 2.44. The van der Waals surface area contributed by atoms with Gasteiger partial charge in [0.05, 0.1) is 11.8 Å². The molecule has 0 unspecified atom stereocenters. The molecular formula is C21H25N5O5S. The van der Waals surface area contributed by atoms with Gasteiger partial charge in [-0.15, -0.1) is 11.8 Å². The summed E-state index contributed by atoms with van der Waals surface area (Å²) in [5.41, 5.74) is 3.48. The first-order chi connectivity index (χ1) is 15.0. The minimum absolute atomic E-state index is 0.211. The standard InChI is InChI=1S/C21H25N5O5S/c1-20(2,3)31-19(30)24-14-10-32-15-6-5-12(9-13(15)23-17(14)28)16(27)25-26-18(29)21(11-22)7-4-8-21/h5-6,9,14H,4,7-8,10H2,1-3H3,(H,23,28)(H,24,30)(H,25,27)(H,26,29)/t14-/m0/s1. The lowest BCUT2D eigenvalue weighted by molar-refractivity contribution is -0.132. The quantitative estimate of drug-likeness (QED) is 0.506. The second-order valence-electron chi connectivity index (χ2n) is 8.67. The number of anilines is 1. The van der Waals surface area contributed by atoms with Gasteiger partial charge in [0.25, 0.3) is 11.8 Å². The van der Waals surface area contributed by atoms with Crippen LogP contribution in [0.3, 0.4) is 0 Å². The van der Waals surface area contributed by atoms with Crippen LogP contribution in [0.1, 0.15) is 50.4 Å². The largest absolute Gasteiger partial charge is 0.444 e. The van der Waals surface area contributed by atoms with Crippen LogP contribution >= 0.6 is 11.8 Å². The number of ether oxygens (including phenoxy) is 1. The number of hydrogen-bond donors (Lipinski definition) is 4. The number of hydrogen-bond acceptors (Lipinski definition) is 7. The number of thioether (sulfide) groups is 1. The Morgan fingerprint density at radius 2 is 1.97 bits per heavy atom. The molecule has 170 valence electrons. The molecule has 1 aliphatic heterocycles. The molecule has 0 radical (unpaired) electrons. The van der Waals surface area contributed by atoms with Gasteiger partial charge in [0.2, 0.25) is 5.91 Å². The van der Waals surface area contributed by atoms with Crippen LogP contribution in [-0.2, 0) is 14.3 Å². The van der Waals surface area contributed by atoms with E-state index in [0.717, 1.165) is 11.3 Å². The van der Waals surface area contributed by atoms with E-state index in [9.17, 15) is 24.4 Å². The molecule has 3 rings (SSSR count). The number of fused-ring (bicyclic) bond motifs is 1. The van der Waals surface area contributed by atoms with Gasteiger partial charge in [0, 0.05) is 16.2 Å². The van der Waals surface area contributed by atoms with Gasteiger partial charge >= 0.3 is 6.09 Å². The van der Waals surface area contributed by atoms with Crippen LogP contribution in [0.15, 0.2) is 23.1 Å². The average Bonchev–Trinajstić information content (AvgIpc) is 2.82. The van der Waals surface area contributed by atoms with Crippen LogP contribution in [-0.4, -0.2) is 41.2 Å². The Hall–Kier alpha value is -3.26. The molecule has 2 aliphatic rings. The van der Waals surface area contributed by atoms with Crippen LogP contribution in [0.2, 0.25) is 0 Å². The number of benzene rings is 1. The Morgan fingerprint density at radius 3 is 2.56 bits per heavy atom. The molecule has 0 aromatic heterocycles. The first kappa shape index (κ1) is 23.4. The molecule has 1 heterocycles. The SMILES string of the molecule is CC(C)(C)OC(=O)N[C@H]1CSc2ccc(C(=O)NNC(=O)C3(C#N)CCC3)cc2NC1=O. The first-order valence-electron chi connectivity index (χ1n) is 10.1. The van der Waals surface area contributed by atoms with Gasteiger partial charge < -0.3 is 15.4 Å². The lowest BCUT2D eigenvalue weighted by atomic mass is 9.69. The molecule has 10 nitrogen and oxygen atoms in total. The predicted molar refractivity (Wildman–Crippen MR) is 116 cm³/mol. The summed E-state index contributed by atoms with van der Waals surface area (Å²) in [5, 5.41) is 14.5. The number of carbonyl (C=O) groups excluding carboxylic acids is 4. The van der Waals surface area contributed by atoms with Crippen molar-refractivity contribution < 1.29 is 23.9 Å². The number of nitrogens with one attached hydrogen (secondary N) is 4. The van der Waals surface area contributed by atoms with Crippen molar-refractivity contribution in [3.8, 4) is 6.07 Å². The zero-order valence-electron chi connectivity index (χ0n) is 18.0. The van der Waals surface area contributed by atoms with E-state index in [0.29, 0.717) is 18.5 Å². The van der Waals surface area contributed by atoms with E-state index in [1.165, 1.54) is 17.8 Å². The Kier molecular flexibility index (Phi) is 6.64. The van der Waals surface area contributed by atoms with Crippen molar-refractivity contribution in [2.24, 2.45) is 5.41 Å². The van der Waals surface area contributed by atoms with E-state index in [1.807, 2.05) is 6.07 Å². The molecule has 0 bridgehead atoms. The second kappa shape index (κ2) is 9.08. The molecule has 4 N–H and O–H groups in total. The number of alkyl carbamates (subject to hydrolysis) is 1. The number of hydrazine groups is 1. The molecule has 4 amide bonds. The van der Waals surface area contributed by atoms with E-state index in [2.05, 4.69) is 21.5 Å². The molecule has 1 aromatic carbocycles. The highest BCUT2D eigenvalue weighted by atomic mass is 32.2. The molecule has 32 heavy (non-hydrogen) atoms. The number of amides is 4. The van der Waals surface area contributed by atoms with Crippen molar-refractivity contribution in [3.63, 3.8) is 0 Å². The minimum Gasteiger partial charge on any atom is -0.444 e. The first-order valence-corrected chi connectivity index (χ1v) is 11.1. The normalized spacial score (nSPS) is 19.1. The minimum atomic E-state index is -1.08. The second-order valence-corrected chi connectivity index (χ2v) is 9.73. The Morgan fingerprint density at radius 1 is 1.25 bits per heavy atom. The van der Waals surface area contributed by atoms with Crippen molar-refractivity contribution in [1.29, 1.82) is 5.26 Å². The highest BCUT2D eigenvalue weighted by molar-refractivity contribution is 7.99. The maximum absolute atomic E-state index is 12.6. The molecule has 0 spiro atoms. The highest BCUT2D eigenvalue weighted by Crippen LogP contribution is 2.40. The van der Waals surface area contributed by atoms with Gasteiger partial charge in [-0.1, -0.05) is 0 Å². The van der Waals surface area contributed by atoms with Crippen molar-refractivity contribution in [2.45, 2.75) is 56.6 Å². The molecule has 0 saturated heterocycles. The van der Waals surface area contributed by atoms with Gasteiger partial charge in [-0.05, 0) is 58.2 Å². The molecular weight excluding hydrogens is 434 g/mol. The van der Waals surface area contributed by atoms with Crippen molar-refractivity contribution in [2.75, 3.05) is 11.1 Å². The summed E-state index contributed by atoms with van der Waals surface area (Å²) in [7, 11) is 0. The summed E-state index contributed by atoms with van der Waals surface area (Å²) in [6.45, 7) is 5.18. The molecule has 1 saturated carbocycles. The third kappa shape index (κ3) is 5.31. The monoisotopic (exact) mass is 459 g/mol. The van der Waals surface area contributed by atoms with Crippen LogP contribution in [0.4, 0.5) is 10.5 Å². The number of rotatable bonds is 3. The summed E-state index contributed by atoms with van der Waals surface area (Å²) in [4.78, 5) is 50.0. The van der Waals surface area contributed by atoms with Crippen LogP contribution in [0.5, 0.6) is 0 Å². The molecule has 1 aliphatic carbocycles. The lowest BCUT2D eigenvalue weighted by Gasteiger charge is -2.33. The molecule has 1 fully saturated rings. The van der Waals surface area contributed by atoms with Crippen molar-refractivity contribution in [3.05, 3.63) is 23.8 Å². The third-order valence-corrected chi connectivity index (χ3v) is 6.22.